The van der Waals surface area contributed by atoms with Gasteiger partial charge in [0.15, 0.2) is 0 Å². The van der Waals surface area contributed by atoms with Gasteiger partial charge in [-0.15, -0.1) is 0 Å². The maximum Gasteiger partial charge on any atom is 0.343 e. The minimum Gasteiger partial charge on any atom is -0.479 e. The molecular formula is C14H22FNO3. The average Bonchev–Trinajstić information content (AvgIpc) is 2.60. The van der Waals surface area contributed by atoms with Crippen LogP contribution in [0.4, 0.5) is 4.39 Å². The highest BCUT2D eigenvalue weighted by molar-refractivity contribution is 5.82. The molecule has 0 spiro atoms. The predicted molar refractivity (Wildman–Crippen MR) is 68.5 cm³/mol. The predicted octanol–water partition coefficient (Wildman–Crippen LogP) is 2.37. The smallest absolute Gasteiger partial charge is 0.343 e. The number of carbonyl (C=O) groups excluding carboxylic acids is 1. The molecule has 0 aromatic rings. The molecule has 1 heterocycles. The van der Waals surface area contributed by atoms with Crippen molar-refractivity contribution in [3.05, 3.63) is 0 Å². The number of nitrogens with zero attached hydrogens (tertiary/aromatic N) is 1. The lowest BCUT2D eigenvalue weighted by molar-refractivity contribution is -0.150. The first-order chi connectivity index (χ1) is 9.01. The number of carboxylic acid groups (broad SMARTS) is 1. The molecule has 0 radical (unpaired) electrons. The third kappa shape index (κ3) is 3.45. The Morgan fingerprint density at radius 2 is 1.84 bits per heavy atom. The molecule has 0 bridgehead atoms. The molecule has 2 fully saturated rings. The molecule has 1 amide bonds. The number of aliphatic carboxylic acids is 1. The second kappa shape index (κ2) is 5.88. The van der Waals surface area contributed by atoms with E-state index >= 15 is 0 Å². The van der Waals surface area contributed by atoms with Crippen molar-refractivity contribution in [1.82, 2.24) is 4.90 Å². The van der Waals surface area contributed by atoms with Gasteiger partial charge in [-0.25, -0.2) is 9.18 Å². The molecule has 0 aromatic carbocycles. The summed E-state index contributed by atoms with van der Waals surface area (Å²) in [4.78, 5) is 24.3. The fourth-order valence-electron chi connectivity index (χ4n) is 3.10. The van der Waals surface area contributed by atoms with E-state index in [4.69, 9.17) is 5.11 Å². The first-order valence-electron chi connectivity index (χ1n) is 7.21. The molecule has 1 saturated carbocycles. The maximum atomic E-state index is 13.9. The molecule has 1 aliphatic carbocycles. The summed E-state index contributed by atoms with van der Waals surface area (Å²) in [7, 11) is 0. The molecule has 1 unspecified atom stereocenters. The van der Waals surface area contributed by atoms with Gasteiger partial charge in [0, 0.05) is 19.4 Å². The molecule has 1 aliphatic heterocycles. The number of carboxylic acids is 1. The Balaban J connectivity index is 1.85. The Kier molecular flexibility index (Phi) is 4.42. The van der Waals surface area contributed by atoms with Crippen molar-refractivity contribution in [2.45, 2.75) is 57.0 Å². The summed E-state index contributed by atoms with van der Waals surface area (Å²) in [6.07, 6.45) is 7.31. The third-order valence-electron chi connectivity index (χ3n) is 4.39. The van der Waals surface area contributed by atoms with Gasteiger partial charge in [-0.3, -0.25) is 4.79 Å². The number of hydrogen-bond donors (Lipinski definition) is 1. The summed E-state index contributed by atoms with van der Waals surface area (Å²) in [5.74, 6) is -1.13. The zero-order valence-corrected chi connectivity index (χ0v) is 11.2. The quantitative estimate of drug-likeness (QED) is 0.802. The fourth-order valence-corrected chi connectivity index (χ4v) is 3.10. The molecule has 0 aromatic heterocycles. The molecular weight excluding hydrogens is 249 g/mol. The monoisotopic (exact) mass is 271 g/mol. The van der Waals surface area contributed by atoms with Gasteiger partial charge in [0.25, 0.3) is 0 Å². The first kappa shape index (κ1) is 14.3. The second-order valence-electron chi connectivity index (χ2n) is 5.90. The Bertz CT molecular complexity index is 353. The van der Waals surface area contributed by atoms with Crippen LogP contribution >= 0.6 is 0 Å². The maximum absolute atomic E-state index is 13.9. The molecule has 1 N–H and O–H groups in total. The van der Waals surface area contributed by atoms with E-state index in [-0.39, 0.29) is 25.4 Å². The lowest BCUT2D eigenvalue weighted by atomic mass is 9.96. The molecule has 2 rings (SSSR count). The van der Waals surface area contributed by atoms with E-state index in [1.54, 1.807) is 0 Å². The SMILES string of the molecule is O=C(CC1CCCCCC1)N1CCC(F)(C(=O)O)C1. The highest BCUT2D eigenvalue weighted by Gasteiger charge is 2.46. The number of alkyl halides is 1. The van der Waals surface area contributed by atoms with Gasteiger partial charge in [0.05, 0.1) is 6.54 Å². The third-order valence-corrected chi connectivity index (χ3v) is 4.39. The minimum absolute atomic E-state index is 0.0762. The standard InChI is InChI=1S/C14H22FNO3/c15-14(13(18)19)7-8-16(10-14)12(17)9-11-5-3-1-2-4-6-11/h11H,1-10H2,(H,18,19). The van der Waals surface area contributed by atoms with E-state index in [9.17, 15) is 14.0 Å². The van der Waals surface area contributed by atoms with E-state index in [0.29, 0.717) is 12.3 Å². The van der Waals surface area contributed by atoms with Crippen LogP contribution in [0, 0.1) is 5.92 Å². The Morgan fingerprint density at radius 1 is 1.21 bits per heavy atom. The Labute approximate surface area is 113 Å². The number of halogens is 1. The molecule has 1 atom stereocenters. The zero-order chi connectivity index (χ0) is 13.9. The van der Waals surface area contributed by atoms with Crippen molar-refractivity contribution in [2.75, 3.05) is 13.1 Å². The van der Waals surface area contributed by atoms with E-state index in [2.05, 4.69) is 0 Å². The van der Waals surface area contributed by atoms with E-state index in [1.807, 2.05) is 0 Å². The number of amides is 1. The number of hydrogen-bond acceptors (Lipinski definition) is 2. The molecule has 2 aliphatic rings. The molecule has 1 saturated heterocycles. The summed E-state index contributed by atoms with van der Waals surface area (Å²) in [5, 5.41) is 8.82. The van der Waals surface area contributed by atoms with Gasteiger partial charge < -0.3 is 10.0 Å². The van der Waals surface area contributed by atoms with Crippen LogP contribution in [0.2, 0.25) is 0 Å². The molecule has 4 nitrogen and oxygen atoms in total. The second-order valence-corrected chi connectivity index (χ2v) is 5.90. The first-order valence-corrected chi connectivity index (χ1v) is 7.21. The summed E-state index contributed by atoms with van der Waals surface area (Å²) < 4.78 is 13.9. The van der Waals surface area contributed by atoms with Crippen molar-refractivity contribution >= 4 is 11.9 Å². The number of carbonyl (C=O) groups is 2. The van der Waals surface area contributed by atoms with Crippen molar-refractivity contribution in [3.63, 3.8) is 0 Å². The topological polar surface area (TPSA) is 57.6 Å². The number of likely N-dealkylation sites (tertiary alicyclic amines) is 1. The van der Waals surface area contributed by atoms with Crippen molar-refractivity contribution in [1.29, 1.82) is 0 Å². The summed E-state index contributed by atoms with van der Waals surface area (Å²) in [6, 6.07) is 0. The fraction of sp³-hybridized carbons (Fsp3) is 0.857. The molecule has 5 heteroatoms. The zero-order valence-electron chi connectivity index (χ0n) is 11.2. The van der Waals surface area contributed by atoms with Crippen LogP contribution in [0.5, 0.6) is 0 Å². The van der Waals surface area contributed by atoms with Gasteiger partial charge in [0.1, 0.15) is 0 Å². The Hall–Kier alpha value is -1.13. The molecule has 108 valence electrons. The van der Waals surface area contributed by atoms with Gasteiger partial charge >= 0.3 is 5.97 Å². The minimum atomic E-state index is -2.24. The van der Waals surface area contributed by atoms with Crippen LogP contribution in [0.1, 0.15) is 51.4 Å². The number of rotatable bonds is 3. The molecule has 19 heavy (non-hydrogen) atoms. The Morgan fingerprint density at radius 3 is 2.37 bits per heavy atom. The lowest BCUT2D eigenvalue weighted by Gasteiger charge is -2.21. The van der Waals surface area contributed by atoms with Gasteiger partial charge in [-0.1, -0.05) is 25.7 Å². The summed E-state index contributed by atoms with van der Waals surface area (Å²) in [6.45, 7) is -0.0533. The normalized spacial score (nSPS) is 29.2. The van der Waals surface area contributed by atoms with Crippen molar-refractivity contribution < 1.29 is 19.1 Å². The van der Waals surface area contributed by atoms with Crippen LogP contribution in [0.25, 0.3) is 0 Å². The lowest BCUT2D eigenvalue weighted by Crippen LogP contribution is -2.39. The highest BCUT2D eigenvalue weighted by Crippen LogP contribution is 2.29. The van der Waals surface area contributed by atoms with Gasteiger partial charge in [-0.05, 0) is 18.8 Å². The highest BCUT2D eigenvalue weighted by atomic mass is 19.1. The van der Waals surface area contributed by atoms with Crippen LogP contribution < -0.4 is 0 Å². The van der Waals surface area contributed by atoms with Crippen molar-refractivity contribution in [2.24, 2.45) is 5.92 Å². The van der Waals surface area contributed by atoms with Gasteiger partial charge in [-0.2, -0.15) is 0 Å². The van der Waals surface area contributed by atoms with E-state index in [0.717, 1.165) is 12.8 Å². The van der Waals surface area contributed by atoms with Crippen LogP contribution in [0.3, 0.4) is 0 Å². The van der Waals surface area contributed by atoms with Crippen LogP contribution in [-0.4, -0.2) is 40.6 Å². The van der Waals surface area contributed by atoms with Gasteiger partial charge in [0.2, 0.25) is 11.6 Å². The van der Waals surface area contributed by atoms with Crippen molar-refractivity contribution in [3.8, 4) is 0 Å². The van der Waals surface area contributed by atoms with Crippen LogP contribution in [-0.2, 0) is 9.59 Å². The summed E-state index contributed by atoms with van der Waals surface area (Å²) >= 11 is 0. The van der Waals surface area contributed by atoms with E-state index in [1.165, 1.54) is 30.6 Å². The largest absolute Gasteiger partial charge is 0.479 e. The van der Waals surface area contributed by atoms with Crippen LogP contribution in [0.15, 0.2) is 0 Å². The average molecular weight is 271 g/mol. The summed E-state index contributed by atoms with van der Waals surface area (Å²) in [5.41, 5.74) is -2.24. The van der Waals surface area contributed by atoms with E-state index < -0.39 is 11.6 Å².